The van der Waals surface area contributed by atoms with Crippen LogP contribution in [0.3, 0.4) is 0 Å². The molecule has 0 spiro atoms. The van der Waals surface area contributed by atoms with Crippen molar-refractivity contribution in [2.45, 2.75) is 33.4 Å². The highest BCUT2D eigenvalue weighted by atomic mass is 32.1. The summed E-state index contributed by atoms with van der Waals surface area (Å²) in [7, 11) is 0. The van der Waals surface area contributed by atoms with Crippen LogP contribution in [0.25, 0.3) is 4.96 Å². The molecule has 3 aromatic rings. The largest absolute Gasteiger partial charge is 0.293 e. The van der Waals surface area contributed by atoms with Crippen LogP contribution in [0, 0.1) is 20.8 Å². The highest BCUT2D eigenvalue weighted by molar-refractivity contribution is 7.16. The van der Waals surface area contributed by atoms with Gasteiger partial charge in [0.25, 0.3) is 5.56 Å². The summed E-state index contributed by atoms with van der Waals surface area (Å²) in [6, 6.07) is 4.10. The molecule has 0 aliphatic carbocycles. The summed E-state index contributed by atoms with van der Waals surface area (Å²) in [5, 5.41) is 9.56. The second-order valence-electron chi connectivity index (χ2n) is 6.12. The van der Waals surface area contributed by atoms with Crippen molar-refractivity contribution >= 4 is 16.3 Å². The van der Waals surface area contributed by atoms with Crippen molar-refractivity contribution in [1.29, 1.82) is 0 Å². The SMILES string of the molecule is Cc1cc(C)n(C2CN(Cc3cc(=O)n4nc(C)sc4n3)C2)n1. The third kappa shape index (κ3) is 2.57. The van der Waals surface area contributed by atoms with Gasteiger partial charge in [0, 0.05) is 31.4 Å². The molecule has 4 rings (SSSR count). The Morgan fingerprint density at radius 3 is 2.70 bits per heavy atom. The molecule has 4 heterocycles. The zero-order valence-electron chi connectivity index (χ0n) is 13.4. The minimum Gasteiger partial charge on any atom is -0.293 e. The van der Waals surface area contributed by atoms with E-state index in [1.165, 1.54) is 21.5 Å². The first-order chi connectivity index (χ1) is 11.0. The molecule has 0 unspecified atom stereocenters. The fourth-order valence-corrected chi connectivity index (χ4v) is 3.87. The minimum atomic E-state index is -0.107. The number of hydrogen-bond acceptors (Lipinski definition) is 6. The highest BCUT2D eigenvalue weighted by Gasteiger charge is 2.30. The first-order valence-corrected chi connectivity index (χ1v) is 8.43. The van der Waals surface area contributed by atoms with Crippen molar-refractivity contribution in [2.75, 3.05) is 13.1 Å². The molecular formula is C15H18N6OS. The van der Waals surface area contributed by atoms with E-state index in [4.69, 9.17) is 0 Å². The maximum Gasteiger partial charge on any atom is 0.275 e. The van der Waals surface area contributed by atoms with Crippen molar-refractivity contribution in [3.63, 3.8) is 0 Å². The highest BCUT2D eigenvalue weighted by Crippen LogP contribution is 2.24. The number of likely N-dealkylation sites (tertiary alicyclic amines) is 1. The van der Waals surface area contributed by atoms with Gasteiger partial charge in [0.1, 0.15) is 5.01 Å². The van der Waals surface area contributed by atoms with Crippen LogP contribution in [-0.4, -0.2) is 42.4 Å². The van der Waals surface area contributed by atoms with E-state index in [9.17, 15) is 4.79 Å². The van der Waals surface area contributed by atoms with Gasteiger partial charge < -0.3 is 0 Å². The molecule has 1 saturated heterocycles. The normalized spacial score (nSPS) is 16.1. The van der Waals surface area contributed by atoms with Crippen LogP contribution in [-0.2, 0) is 6.54 Å². The smallest absolute Gasteiger partial charge is 0.275 e. The average Bonchev–Trinajstić information content (AvgIpc) is 2.95. The summed E-state index contributed by atoms with van der Waals surface area (Å²) in [6.07, 6.45) is 0. The third-order valence-corrected chi connectivity index (χ3v) is 4.94. The lowest BCUT2D eigenvalue weighted by atomic mass is 10.1. The summed E-state index contributed by atoms with van der Waals surface area (Å²) in [4.78, 5) is 19.6. The van der Waals surface area contributed by atoms with Crippen LogP contribution < -0.4 is 5.56 Å². The van der Waals surface area contributed by atoms with Crippen LogP contribution in [0.1, 0.15) is 28.1 Å². The molecule has 0 atom stereocenters. The van der Waals surface area contributed by atoms with Gasteiger partial charge in [0.2, 0.25) is 4.96 Å². The molecule has 0 radical (unpaired) electrons. The lowest BCUT2D eigenvalue weighted by molar-refractivity contribution is 0.0880. The van der Waals surface area contributed by atoms with Crippen LogP contribution in [0.5, 0.6) is 0 Å². The van der Waals surface area contributed by atoms with Crippen LogP contribution in [0.15, 0.2) is 16.9 Å². The van der Waals surface area contributed by atoms with Gasteiger partial charge in [0.05, 0.1) is 17.4 Å². The Kier molecular flexibility index (Phi) is 3.31. The van der Waals surface area contributed by atoms with E-state index in [1.54, 1.807) is 6.07 Å². The van der Waals surface area contributed by atoms with Gasteiger partial charge in [-0.05, 0) is 26.8 Å². The molecule has 7 nitrogen and oxygen atoms in total. The fourth-order valence-electron chi connectivity index (χ4n) is 3.10. The molecule has 0 N–H and O–H groups in total. The van der Waals surface area contributed by atoms with Gasteiger partial charge in [-0.15, -0.1) is 0 Å². The first kappa shape index (κ1) is 14.5. The minimum absolute atomic E-state index is 0.107. The van der Waals surface area contributed by atoms with E-state index < -0.39 is 0 Å². The summed E-state index contributed by atoms with van der Waals surface area (Å²) >= 11 is 1.44. The molecule has 0 saturated carbocycles. The maximum absolute atomic E-state index is 12.1. The van der Waals surface area contributed by atoms with Crippen molar-refractivity contribution in [3.05, 3.63) is 44.6 Å². The van der Waals surface area contributed by atoms with Crippen molar-refractivity contribution in [3.8, 4) is 0 Å². The monoisotopic (exact) mass is 330 g/mol. The van der Waals surface area contributed by atoms with Gasteiger partial charge in [-0.25, -0.2) is 4.98 Å². The predicted molar refractivity (Wildman–Crippen MR) is 87.9 cm³/mol. The molecule has 3 aromatic heterocycles. The molecule has 8 heteroatoms. The Hall–Kier alpha value is -2.06. The molecule has 23 heavy (non-hydrogen) atoms. The number of fused-ring (bicyclic) bond motifs is 1. The molecule has 120 valence electrons. The standard InChI is InChI=1S/C15H18N6OS/c1-9-4-10(2)20(17-9)13-7-19(8-13)6-12-5-14(22)21-15(16-12)23-11(3)18-21/h4-5,13H,6-8H2,1-3H3. The van der Waals surface area contributed by atoms with Gasteiger partial charge in [-0.1, -0.05) is 11.3 Å². The molecule has 0 amide bonds. The van der Waals surface area contributed by atoms with E-state index in [0.29, 0.717) is 17.5 Å². The number of nitrogens with zero attached hydrogens (tertiary/aromatic N) is 6. The summed E-state index contributed by atoms with van der Waals surface area (Å²) in [5.41, 5.74) is 2.96. The summed E-state index contributed by atoms with van der Waals surface area (Å²) in [6.45, 7) is 8.55. The van der Waals surface area contributed by atoms with E-state index >= 15 is 0 Å². The molecular weight excluding hydrogens is 312 g/mol. The van der Waals surface area contributed by atoms with Crippen LogP contribution >= 0.6 is 11.3 Å². The Morgan fingerprint density at radius 2 is 2.00 bits per heavy atom. The second kappa shape index (κ2) is 5.24. The molecule has 0 aromatic carbocycles. The van der Waals surface area contributed by atoms with Gasteiger partial charge >= 0.3 is 0 Å². The lowest BCUT2D eigenvalue weighted by Gasteiger charge is -2.39. The molecule has 0 bridgehead atoms. The molecule has 1 fully saturated rings. The topological polar surface area (TPSA) is 68.3 Å². The van der Waals surface area contributed by atoms with Crippen molar-refractivity contribution < 1.29 is 0 Å². The lowest BCUT2D eigenvalue weighted by Crippen LogP contribution is -2.47. The van der Waals surface area contributed by atoms with Crippen LogP contribution in [0.2, 0.25) is 0 Å². The molecule has 1 aliphatic rings. The quantitative estimate of drug-likeness (QED) is 0.725. The van der Waals surface area contributed by atoms with Gasteiger partial charge in [-0.3, -0.25) is 14.4 Å². The Morgan fingerprint density at radius 1 is 1.22 bits per heavy atom. The summed E-state index contributed by atoms with van der Waals surface area (Å²) < 4.78 is 3.47. The zero-order chi connectivity index (χ0) is 16.1. The fraction of sp³-hybridized carbons (Fsp3) is 0.467. The van der Waals surface area contributed by atoms with E-state index in [2.05, 4.69) is 37.8 Å². The van der Waals surface area contributed by atoms with E-state index in [-0.39, 0.29) is 5.56 Å². The Bertz CT molecular complexity index is 933. The van der Waals surface area contributed by atoms with Gasteiger partial charge in [-0.2, -0.15) is 14.7 Å². The first-order valence-electron chi connectivity index (χ1n) is 7.61. The number of rotatable bonds is 3. The third-order valence-electron chi connectivity index (χ3n) is 4.11. The number of hydrogen-bond donors (Lipinski definition) is 0. The van der Waals surface area contributed by atoms with E-state index in [0.717, 1.165) is 29.5 Å². The Balaban J connectivity index is 1.48. The predicted octanol–water partition coefficient (Wildman–Crippen LogP) is 1.33. The second-order valence-corrected chi connectivity index (χ2v) is 7.28. The zero-order valence-corrected chi connectivity index (χ0v) is 14.2. The summed E-state index contributed by atoms with van der Waals surface area (Å²) in [5.74, 6) is 0. The maximum atomic E-state index is 12.1. The van der Waals surface area contributed by atoms with Crippen molar-refractivity contribution in [1.82, 2.24) is 29.3 Å². The van der Waals surface area contributed by atoms with Crippen LogP contribution in [0.4, 0.5) is 0 Å². The Labute approximate surface area is 137 Å². The van der Waals surface area contributed by atoms with E-state index in [1.807, 2.05) is 13.8 Å². The molecule has 1 aliphatic heterocycles. The number of aryl methyl sites for hydroxylation is 3. The van der Waals surface area contributed by atoms with Gasteiger partial charge in [0.15, 0.2) is 0 Å². The van der Waals surface area contributed by atoms with Crippen molar-refractivity contribution in [2.24, 2.45) is 0 Å². The number of aromatic nitrogens is 5. The average molecular weight is 330 g/mol.